The minimum atomic E-state index is -2.18. The van der Waals surface area contributed by atoms with Gasteiger partial charge in [-0.25, -0.2) is 9.97 Å². The lowest BCUT2D eigenvalue weighted by molar-refractivity contribution is 0.670. The van der Waals surface area contributed by atoms with Crippen LogP contribution in [0.3, 0.4) is 0 Å². The lowest BCUT2D eigenvalue weighted by Gasteiger charge is -2.21. The van der Waals surface area contributed by atoms with Crippen molar-refractivity contribution in [3.05, 3.63) is 194 Å². The largest absolute Gasteiger partial charge is 0.455 e. The molecule has 10 aromatic rings. The van der Waals surface area contributed by atoms with Gasteiger partial charge in [-0.2, -0.15) is 0 Å². The van der Waals surface area contributed by atoms with Gasteiger partial charge in [-0.3, -0.25) is 0 Å². The summed E-state index contributed by atoms with van der Waals surface area (Å²) in [5.41, 5.74) is 16.3. The molecule has 0 bridgehead atoms. The summed E-state index contributed by atoms with van der Waals surface area (Å²) in [5, 5.41) is 4.88. The fourth-order valence-corrected chi connectivity index (χ4v) is 12.2. The van der Waals surface area contributed by atoms with Crippen LogP contribution in [0.15, 0.2) is 199 Å². The first kappa shape index (κ1) is 34.1. The SMILES string of the molecule is C[Si]1(C)c2ccccc2-c2nc(-c3cccc(-c4cccc(-c5cc(-c6ccccc6)cc(-c6ccccc6)c5)c4)c3)nc(-c3cccc4c3oc3ccccc34)c21. The lowest BCUT2D eigenvalue weighted by Crippen LogP contribution is -2.50. The molecule has 0 fully saturated rings. The van der Waals surface area contributed by atoms with Crippen molar-refractivity contribution in [1.29, 1.82) is 0 Å². The van der Waals surface area contributed by atoms with Crippen molar-refractivity contribution in [2.45, 2.75) is 13.1 Å². The predicted molar refractivity (Wildman–Crippen MR) is 244 cm³/mol. The maximum Gasteiger partial charge on any atom is 0.160 e. The molecule has 0 spiro atoms. The highest BCUT2D eigenvalue weighted by molar-refractivity contribution is 7.04. The van der Waals surface area contributed by atoms with E-state index in [2.05, 4.69) is 195 Å². The second-order valence-electron chi connectivity index (χ2n) is 15.8. The smallest absolute Gasteiger partial charge is 0.160 e. The van der Waals surface area contributed by atoms with Crippen molar-refractivity contribution in [3.8, 4) is 78.4 Å². The van der Waals surface area contributed by atoms with E-state index in [0.717, 1.165) is 61.1 Å². The molecular formula is C54H38N2OSi. The average molecular weight is 759 g/mol. The minimum Gasteiger partial charge on any atom is -0.455 e. The molecule has 0 aliphatic carbocycles. The molecule has 0 saturated carbocycles. The first-order valence-electron chi connectivity index (χ1n) is 19.9. The predicted octanol–water partition coefficient (Wildman–Crippen LogP) is 13.2. The molecular weight excluding hydrogens is 721 g/mol. The van der Waals surface area contributed by atoms with Gasteiger partial charge in [0.25, 0.3) is 0 Å². The number of hydrogen-bond acceptors (Lipinski definition) is 3. The number of hydrogen-bond donors (Lipinski definition) is 0. The van der Waals surface area contributed by atoms with Crippen molar-refractivity contribution in [2.75, 3.05) is 0 Å². The van der Waals surface area contributed by atoms with Crippen LogP contribution in [-0.4, -0.2) is 18.0 Å². The highest BCUT2D eigenvalue weighted by Crippen LogP contribution is 2.40. The first-order valence-corrected chi connectivity index (χ1v) is 22.9. The minimum absolute atomic E-state index is 0.712. The third-order valence-electron chi connectivity index (χ3n) is 11.8. The van der Waals surface area contributed by atoms with Crippen molar-refractivity contribution in [2.24, 2.45) is 0 Å². The summed E-state index contributed by atoms with van der Waals surface area (Å²) in [5.74, 6) is 0.712. The molecule has 0 N–H and O–H groups in total. The Morgan fingerprint density at radius 1 is 0.379 bits per heavy atom. The lowest BCUT2D eigenvalue weighted by atomic mass is 9.92. The highest BCUT2D eigenvalue weighted by atomic mass is 28.3. The van der Waals surface area contributed by atoms with E-state index in [-0.39, 0.29) is 0 Å². The molecule has 3 heterocycles. The quantitative estimate of drug-likeness (QED) is 0.159. The summed E-state index contributed by atoms with van der Waals surface area (Å²) in [6, 6.07) is 69.3. The van der Waals surface area contributed by atoms with E-state index in [4.69, 9.17) is 14.4 Å². The van der Waals surface area contributed by atoms with Gasteiger partial charge >= 0.3 is 0 Å². The summed E-state index contributed by atoms with van der Waals surface area (Å²) in [4.78, 5) is 11.0. The Morgan fingerprint density at radius 2 is 0.828 bits per heavy atom. The van der Waals surface area contributed by atoms with E-state index in [9.17, 15) is 0 Å². The molecule has 0 unspecified atom stereocenters. The number of para-hydroxylation sites is 2. The number of nitrogens with zero attached hydrogens (tertiary/aromatic N) is 2. The fourth-order valence-electron chi connectivity index (χ4n) is 8.98. The molecule has 2 aromatic heterocycles. The molecule has 274 valence electrons. The zero-order chi connectivity index (χ0) is 38.8. The van der Waals surface area contributed by atoms with E-state index < -0.39 is 8.07 Å². The second kappa shape index (κ2) is 13.5. The van der Waals surface area contributed by atoms with Crippen LogP contribution in [0.25, 0.3) is 100 Å². The summed E-state index contributed by atoms with van der Waals surface area (Å²) in [7, 11) is -2.18. The van der Waals surface area contributed by atoms with E-state index in [1.807, 2.05) is 12.1 Å². The Hall–Kier alpha value is -7.14. The molecule has 4 heteroatoms. The number of furan rings is 1. The van der Waals surface area contributed by atoms with Crippen molar-refractivity contribution in [3.63, 3.8) is 0 Å². The number of fused-ring (bicyclic) bond motifs is 6. The van der Waals surface area contributed by atoms with Crippen LogP contribution < -0.4 is 10.4 Å². The molecule has 1 aliphatic heterocycles. The third-order valence-corrected chi connectivity index (χ3v) is 15.4. The van der Waals surface area contributed by atoms with E-state index in [0.29, 0.717) is 5.82 Å². The summed E-state index contributed by atoms with van der Waals surface area (Å²) in [6.45, 7) is 4.85. The number of rotatable bonds is 6. The number of aromatic nitrogens is 2. The normalized spacial score (nSPS) is 12.8. The van der Waals surface area contributed by atoms with Gasteiger partial charge in [-0.15, -0.1) is 0 Å². The van der Waals surface area contributed by atoms with E-state index in [1.54, 1.807) is 0 Å². The monoisotopic (exact) mass is 758 g/mol. The summed E-state index contributed by atoms with van der Waals surface area (Å²) < 4.78 is 6.63. The Labute approximate surface area is 339 Å². The Kier molecular flexibility index (Phi) is 7.95. The highest BCUT2D eigenvalue weighted by Gasteiger charge is 2.42. The molecule has 0 amide bonds. The summed E-state index contributed by atoms with van der Waals surface area (Å²) >= 11 is 0. The van der Waals surface area contributed by atoms with Gasteiger partial charge in [-0.1, -0.05) is 165 Å². The summed E-state index contributed by atoms with van der Waals surface area (Å²) in [6.07, 6.45) is 0. The second-order valence-corrected chi connectivity index (χ2v) is 20.1. The van der Waals surface area contributed by atoms with E-state index >= 15 is 0 Å². The molecule has 1 aliphatic rings. The maximum atomic E-state index is 6.63. The molecule has 0 saturated heterocycles. The van der Waals surface area contributed by atoms with Crippen LogP contribution in [0.4, 0.5) is 0 Å². The van der Waals surface area contributed by atoms with Crippen molar-refractivity contribution >= 4 is 40.4 Å². The first-order chi connectivity index (χ1) is 28.5. The van der Waals surface area contributed by atoms with Crippen molar-refractivity contribution < 1.29 is 4.42 Å². The Balaban J connectivity index is 1.06. The van der Waals surface area contributed by atoms with Gasteiger partial charge in [0.05, 0.1) is 11.4 Å². The molecule has 11 rings (SSSR count). The van der Waals surface area contributed by atoms with Crippen LogP contribution >= 0.6 is 0 Å². The Morgan fingerprint density at radius 3 is 1.52 bits per heavy atom. The van der Waals surface area contributed by atoms with Crippen LogP contribution in [0.5, 0.6) is 0 Å². The maximum absolute atomic E-state index is 6.63. The van der Waals surface area contributed by atoms with Crippen molar-refractivity contribution in [1.82, 2.24) is 9.97 Å². The zero-order valence-electron chi connectivity index (χ0n) is 32.3. The molecule has 3 nitrogen and oxygen atoms in total. The third kappa shape index (κ3) is 5.64. The molecule has 8 aromatic carbocycles. The standard InChI is InChI=1S/C54H38N2OSi/c1-58(2)49-29-12-10-25-46(49)50-53(58)51(47-27-15-26-45-44-24-9-11-28-48(44)57-52(45)47)56-54(55-50)40-23-14-21-38(31-40)37-20-13-22-39(30-37)43-33-41(35-16-5-3-6-17-35)32-42(34-43)36-18-7-4-8-19-36/h3-34H,1-2H3. The van der Waals surface area contributed by atoms with Gasteiger partial charge in [-0.05, 0) is 103 Å². The van der Waals surface area contributed by atoms with Gasteiger partial charge in [0, 0.05) is 21.9 Å². The van der Waals surface area contributed by atoms with Crippen LogP contribution in [0, 0.1) is 0 Å². The average Bonchev–Trinajstić information content (AvgIpc) is 3.79. The zero-order valence-corrected chi connectivity index (χ0v) is 33.3. The van der Waals surface area contributed by atoms with Gasteiger partial charge < -0.3 is 4.42 Å². The molecule has 0 radical (unpaired) electrons. The van der Waals surface area contributed by atoms with Crippen LogP contribution in [-0.2, 0) is 0 Å². The molecule has 0 atom stereocenters. The number of benzene rings is 8. The topological polar surface area (TPSA) is 38.9 Å². The van der Waals surface area contributed by atoms with Crippen LogP contribution in [0.2, 0.25) is 13.1 Å². The Bertz CT molecular complexity index is 3140. The van der Waals surface area contributed by atoms with Gasteiger partial charge in [0.2, 0.25) is 0 Å². The molecule has 58 heavy (non-hydrogen) atoms. The van der Waals surface area contributed by atoms with E-state index in [1.165, 1.54) is 43.8 Å². The van der Waals surface area contributed by atoms with Gasteiger partial charge in [0.1, 0.15) is 19.2 Å². The van der Waals surface area contributed by atoms with Crippen LogP contribution in [0.1, 0.15) is 0 Å². The van der Waals surface area contributed by atoms with Gasteiger partial charge in [0.15, 0.2) is 5.82 Å². The fraction of sp³-hybridized carbons (Fsp3) is 0.0370.